The number of aromatic nitrogens is 3. The van der Waals surface area contributed by atoms with E-state index in [-0.39, 0.29) is 18.6 Å². The number of imidazole rings is 1. The van der Waals surface area contributed by atoms with E-state index in [9.17, 15) is 18.0 Å². The molecule has 8 nitrogen and oxygen atoms in total. The van der Waals surface area contributed by atoms with Gasteiger partial charge >= 0.3 is 6.18 Å². The first-order chi connectivity index (χ1) is 20.2. The zero-order chi connectivity index (χ0) is 29.4. The van der Waals surface area contributed by atoms with Crippen LogP contribution in [-0.4, -0.2) is 34.6 Å². The molecule has 0 fully saturated rings. The summed E-state index contributed by atoms with van der Waals surface area (Å²) in [5.41, 5.74) is 1.13. The second-order valence-corrected chi connectivity index (χ2v) is 10.2. The molecule has 0 saturated carbocycles. The molecule has 0 aliphatic rings. The molecule has 0 saturated heterocycles. The lowest BCUT2D eigenvalue weighted by molar-refractivity contribution is -0.137. The highest BCUT2D eigenvalue weighted by Gasteiger charge is 2.34. The van der Waals surface area contributed by atoms with Gasteiger partial charge in [0.25, 0.3) is 5.19 Å². The van der Waals surface area contributed by atoms with Crippen LogP contribution in [0, 0.1) is 0 Å². The lowest BCUT2D eigenvalue weighted by Crippen LogP contribution is -2.14. The molecule has 6 rings (SSSR count). The Morgan fingerprint density at radius 1 is 1.00 bits per heavy atom. The summed E-state index contributed by atoms with van der Waals surface area (Å²) < 4.78 is 64.6. The standard InChI is InChI=1S/C30H22F3N3O5S/c1-38-19-12-25(21-14-27(41-26(21)13-19)23-15-36-28(34-23)42-29(35-36)39-2)40-16-18-7-5-6-17(10-18)11-24(37)20-8-3-4-9-22(20)30(31,32)33/h3-10,12-15H,11,16H2,1-2H3. The highest BCUT2D eigenvalue weighted by Crippen LogP contribution is 2.38. The third-order valence-corrected chi connectivity index (χ3v) is 7.43. The minimum Gasteiger partial charge on any atom is -0.496 e. The van der Waals surface area contributed by atoms with Gasteiger partial charge in [0.05, 0.1) is 31.4 Å². The maximum absolute atomic E-state index is 13.4. The number of fused-ring (bicyclic) bond motifs is 2. The van der Waals surface area contributed by atoms with Gasteiger partial charge in [-0.2, -0.15) is 13.2 Å². The van der Waals surface area contributed by atoms with Gasteiger partial charge in [0.2, 0.25) is 4.96 Å². The number of ketones is 1. The summed E-state index contributed by atoms with van der Waals surface area (Å²) in [5.74, 6) is 0.924. The van der Waals surface area contributed by atoms with Crippen molar-refractivity contribution in [3.63, 3.8) is 0 Å². The maximum Gasteiger partial charge on any atom is 0.417 e. The van der Waals surface area contributed by atoms with Crippen LogP contribution in [0.4, 0.5) is 13.2 Å². The van der Waals surface area contributed by atoms with Crippen LogP contribution in [0.1, 0.15) is 27.0 Å². The SMILES string of the molecule is COc1cc(OCc2cccc(CC(=O)c3ccccc3C(F)(F)F)c2)c2cc(-c3cn4nc(OC)sc4n3)oc2c1. The highest BCUT2D eigenvalue weighted by molar-refractivity contribution is 7.18. The molecule has 0 spiro atoms. The fourth-order valence-electron chi connectivity index (χ4n) is 4.57. The summed E-state index contributed by atoms with van der Waals surface area (Å²) in [5, 5.41) is 5.48. The highest BCUT2D eigenvalue weighted by atomic mass is 32.1. The lowest BCUT2D eigenvalue weighted by atomic mass is 9.97. The largest absolute Gasteiger partial charge is 0.496 e. The second kappa shape index (κ2) is 10.9. The smallest absolute Gasteiger partial charge is 0.417 e. The van der Waals surface area contributed by atoms with Crippen LogP contribution in [-0.2, 0) is 19.2 Å². The molecule has 3 aromatic carbocycles. The van der Waals surface area contributed by atoms with Gasteiger partial charge in [-0.1, -0.05) is 42.5 Å². The fraction of sp³-hybridized carbons (Fsp3) is 0.167. The molecule has 214 valence electrons. The van der Waals surface area contributed by atoms with Crippen molar-refractivity contribution in [2.75, 3.05) is 14.2 Å². The van der Waals surface area contributed by atoms with Crippen molar-refractivity contribution in [2.45, 2.75) is 19.2 Å². The monoisotopic (exact) mass is 593 g/mol. The Labute approximate surface area is 240 Å². The van der Waals surface area contributed by atoms with Crippen molar-refractivity contribution in [1.82, 2.24) is 14.6 Å². The molecule has 0 atom stereocenters. The van der Waals surface area contributed by atoms with Gasteiger partial charge in [-0.3, -0.25) is 4.79 Å². The first-order valence-electron chi connectivity index (χ1n) is 12.6. The lowest BCUT2D eigenvalue weighted by Gasteiger charge is -2.12. The van der Waals surface area contributed by atoms with Crippen molar-refractivity contribution in [2.24, 2.45) is 0 Å². The van der Waals surface area contributed by atoms with Crippen molar-refractivity contribution in [3.8, 4) is 28.1 Å². The van der Waals surface area contributed by atoms with E-state index in [1.807, 2.05) is 12.1 Å². The number of carbonyl (C=O) groups is 1. The Hall–Kier alpha value is -4.84. The van der Waals surface area contributed by atoms with Crippen LogP contribution in [0.2, 0.25) is 0 Å². The fourth-order valence-corrected chi connectivity index (χ4v) is 5.27. The van der Waals surface area contributed by atoms with Crippen molar-refractivity contribution < 1.29 is 36.6 Å². The summed E-state index contributed by atoms with van der Waals surface area (Å²) >= 11 is 1.30. The molecule has 3 aromatic heterocycles. The maximum atomic E-state index is 13.4. The number of alkyl halides is 3. The third-order valence-electron chi connectivity index (χ3n) is 6.54. The Bertz CT molecular complexity index is 1890. The number of carbonyl (C=O) groups excluding carboxylic acids is 1. The summed E-state index contributed by atoms with van der Waals surface area (Å²) in [4.78, 5) is 18.0. The molecular formula is C30H22F3N3O5S. The molecular weight excluding hydrogens is 571 g/mol. The summed E-state index contributed by atoms with van der Waals surface area (Å²) in [6.07, 6.45) is -3.06. The third kappa shape index (κ3) is 5.40. The van der Waals surface area contributed by atoms with Gasteiger partial charge in [0.1, 0.15) is 29.4 Å². The van der Waals surface area contributed by atoms with E-state index in [0.717, 1.165) is 11.6 Å². The minimum atomic E-state index is -4.62. The van der Waals surface area contributed by atoms with Crippen LogP contribution >= 0.6 is 11.3 Å². The topological polar surface area (TPSA) is 88.1 Å². The molecule has 0 aliphatic carbocycles. The molecule has 0 N–H and O–H groups in total. The van der Waals surface area contributed by atoms with Gasteiger partial charge in [0.15, 0.2) is 11.5 Å². The Morgan fingerprint density at radius 2 is 1.81 bits per heavy atom. The average Bonchev–Trinajstić information content (AvgIpc) is 3.69. The minimum absolute atomic E-state index is 0.133. The summed E-state index contributed by atoms with van der Waals surface area (Å²) in [7, 11) is 3.08. The van der Waals surface area contributed by atoms with Gasteiger partial charge in [-0.05, 0) is 34.6 Å². The number of halogens is 3. The van der Waals surface area contributed by atoms with Crippen molar-refractivity contribution in [3.05, 3.63) is 95.2 Å². The first kappa shape index (κ1) is 27.3. The molecule has 0 unspecified atom stereocenters. The Kier molecular flexibility index (Phi) is 7.07. The zero-order valence-corrected chi connectivity index (χ0v) is 23.1. The molecule has 12 heteroatoms. The molecule has 3 heterocycles. The summed E-state index contributed by atoms with van der Waals surface area (Å²) in [6.45, 7) is 0.133. The molecule has 0 aliphatic heterocycles. The molecule has 0 radical (unpaired) electrons. The number of hydrogen-bond donors (Lipinski definition) is 0. The first-order valence-corrected chi connectivity index (χ1v) is 13.5. The number of ether oxygens (including phenoxy) is 3. The number of nitrogens with zero attached hydrogens (tertiary/aromatic N) is 3. The molecule has 0 amide bonds. The van der Waals surface area contributed by atoms with Gasteiger partial charge < -0.3 is 18.6 Å². The number of methoxy groups -OCH3 is 2. The molecule has 42 heavy (non-hydrogen) atoms. The molecule has 0 bridgehead atoms. The number of benzene rings is 3. The van der Waals surface area contributed by atoms with E-state index in [1.54, 1.807) is 48.2 Å². The van der Waals surface area contributed by atoms with Crippen LogP contribution in [0.15, 0.2) is 77.3 Å². The van der Waals surface area contributed by atoms with E-state index in [2.05, 4.69) is 10.1 Å². The number of rotatable bonds is 9. The Balaban J connectivity index is 1.23. The van der Waals surface area contributed by atoms with Crippen LogP contribution in [0.25, 0.3) is 27.4 Å². The van der Waals surface area contributed by atoms with Gasteiger partial charge in [0, 0.05) is 24.1 Å². The number of furan rings is 1. The van der Waals surface area contributed by atoms with Crippen LogP contribution in [0.5, 0.6) is 16.7 Å². The van der Waals surface area contributed by atoms with Crippen molar-refractivity contribution >= 4 is 33.1 Å². The normalized spacial score (nSPS) is 11.7. The molecule has 6 aromatic rings. The van der Waals surface area contributed by atoms with E-state index < -0.39 is 17.5 Å². The Morgan fingerprint density at radius 3 is 2.57 bits per heavy atom. The number of hydrogen-bond acceptors (Lipinski definition) is 8. The van der Waals surface area contributed by atoms with Crippen molar-refractivity contribution in [1.29, 1.82) is 0 Å². The van der Waals surface area contributed by atoms with E-state index in [0.29, 0.717) is 49.6 Å². The van der Waals surface area contributed by atoms with Crippen LogP contribution < -0.4 is 14.2 Å². The predicted octanol–water partition coefficient (Wildman–Crippen LogP) is 7.24. The van der Waals surface area contributed by atoms with Crippen LogP contribution in [0.3, 0.4) is 0 Å². The van der Waals surface area contributed by atoms with Gasteiger partial charge in [-0.15, -0.1) is 5.10 Å². The quantitative estimate of drug-likeness (QED) is 0.163. The van der Waals surface area contributed by atoms with Gasteiger partial charge in [-0.25, -0.2) is 9.50 Å². The average molecular weight is 594 g/mol. The van der Waals surface area contributed by atoms with E-state index in [4.69, 9.17) is 18.6 Å². The second-order valence-electron chi connectivity index (χ2n) is 9.33. The van der Waals surface area contributed by atoms with E-state index >= 15 is 0 Å². The zero-order valence-electron chi connectivity index (χ0n) is 22.3. The number of Topliss-reactive ketones (excluding diaryl/α,β-unsaturated/α-hetero) is 1. The summed E-state index contributed by atoms with van der Waals surface area (Å²) in [6, 6.07) is 17.1. The van der Waals surface area contributed by atoms with E-state index in [1.165, 1.54) is 36.6 Å². The predicted molar refractivity (Wildman–Crippen MR) is 149 cm³/mol.